The van der Waals surface area contributed by atoms with Gasteiger partial charge >= 0.3 is 0 Å². The van der Waals surface area contributed by atoms with Crippen molar-refractivity contribution in [3.8, 4) is 11.3 Å². The van der Waals surface area contributed by atoms with Crippen molar-refractivity contribution in [1.29, 1.82) is 0 Å². The maximum atomic E-state index is 12.9. The molecule has 6 heteroatoms. The predicted molar refractivity (Wildman–Crippen MR) is 89.6 cm³/mol. The lowest BCUT2D eigenvalue weighted by Crippen LogP contribution is -2.37. The second kappa shape index (κ2) is 7.15. The van der Waals surface area contributed by atoms with E-state index < -0.39 is 0 Å². The molecular formula is C17H20ClN3O2. The summed E-state index contributed by atoms with van der Waals surface area (Å²) < 4.78 is 5.65. The highest BCUT2D eigenvalue weighted by Gasteiger charge is 2.25. The van der Waals surface area contributed by atoms with Crippen molar-refractivity contribution < 1.29 is 9.53 Å². The molecule has 122 valence electrons. The topological polar surface area (TPSA) is 58.2 Å². The van der Waals surface area contributed by atoms with Crippen LogP contribution in [0.5, 0.6) is 0 Å². The summed E-state index contributed by atoms with van der Waals surface area (Å²) in [5, 5.41) is 7.64. The highest BCUT2D eigenvalue weighted by atomic mass is 35.5. The van der Waals surface area contributed by atoms with Gasteiger partial charge in [0.25, 0.3) is 5.91 Å². The van der Waals surface area contributed by atoms with E-state index in [1.54, 1.807) is 18.3 Å². The number of amides is 1. The number of nitrogens with one attached hydrogen (secondary N) is 1. The Hall–Kier alpha value is -1.85. The molecule has 1 saturated heterocycles. The second-order valence-corrected chi connectivity index (χ2v) is 6.08. The zero-order valence-electron chi connectivity index (χ0n) is 13.1. The molecule has 1 aromatic heterocycles. The van der Waals surface area contributed by atoms with Crippen LogP contribution in [-0.2, 0) is 4.74 Å². The molecule has 0 saturated carbocycles. The van der Waals surface area contributed by atoms with E-state index >= 15 is 0 Å². The summed E-state index contributed by atoms with van der Waals surface area (Å²) in [6, 6.07) is 7.36. The Kier molecular flexibility index (Phi) is 4.98. The van der Waals surface area contributed by atoms with E-state index in [1.165, 1.54) is 0 Å². The third-order valence-electron chi connectivity index (χ3n) is 4.12. The Bertz CT molecular complexity index is 663. The molecular weight excluding hydrogens is 314 g/mol. The number of likely N-dealkylation sites (N-methyl/N-ethyl adjacent to an activating group) is 1. The number of rotatable bonds is 5. The second-order valence-electron chi connectivity index (χ2n) is 5.64. The van der Waals surface area contributed by atoms with E-state index in [2.05, 4.69) is 10.2 Å². The number of aromatic amines is 1. The molecule has 0 spiro atoms. The van der Waals surface area contributed by atoms with Gasteiger partial charge in [-0.2, -0.15) is 5.10 Å². The Labute approximate surface area is 140 Å². The van der Waals surface area contributed by atoms with Crippen molar-refractivity contribution in [2.45, 2.75) is 25.9 Å². The molecule has 1 fully saturated rings. The summed E-state index contributed by atoms with van der Waals surface area (Å²) in [5.74, 6) is -0.0262. The number of benzene rings is 1. The molecule has 1 aliphatic heterocycles. The van der Waals surface area contributed by atoms with Gasteiger partial charge in [-0.05, 0) is 31.9 Å². The van der Waals surface area contributed by atoms with Crippen LogP contribution in [0.2, 0.25) is 5.02 Å². The maximum absolute atomic E-state index is 12.9. The monoisotopic (exact) mass is 333 g/mol. The smallest absolute Gasteiger partial charge is 0.257 e. The van der Waals surface area contributed by atoms with E-state index in [0.717, 1.165) is 30.7 Å². The van der Waals surface area contributed by atoms with E-state index in [0.29, 0.717) is 23.7 Å². The lowest BCUT2D eigenvalue weighted by Gasteiger charge is -2.24. The third-order valence-corrected chi connectivity index (χ3v) is 4.37. The van der Waals surface area contributed by atoms with Gasteiger partial charge in [0.05, 0.1) is 23.6 Å². The summed E-state index contributed by atoms with van der Waals surface area (Å²) in [6.45, 7) is 4.04. The van der Waals surface area contributed by atoms with Gasteiger partial charge in [-0.15, -0.1) is 0 Å². The van der Waals surface area contributed by atoms with Crippen molar-refractivity contribution in [1.82, 2.24) is 15.1 Å². The van der Waals surface area contributed by atoms with E-state index in [-0.39, 0.29) is 12.0 Å². The Morgan fingerprint density at radius 1 is 1.43 bits per heavy atom. The van der Waals surface area contributed by atoms with E-state index in [4.69, 9.17) is 16.3 Å². The minimum absolute atomic E-state index is 0.0262. The molecule has 0 radical (unpaired) electrons. The van der Waals surface area contributed by atoms with Crippen molar-refractivity contribution in [2.24, 2.45) is 0 Å². The van der Waals surface area contributed by atoms with E-state index in [1.807, 2.05) is 24.0 Å². The molecule has 23 heavy (non-hydrogen) atoms. The summed E-state index contributed by atoms with van der Waals surface area (Å²) in [6.07, 6.45) is 3.81. The Balaban J connectivity index is 1.81. The fourth-order valence-electron chi connectivity index (χ4n) is 2.85. The average molecular weight is 334 g/mol. The minimum Gasteiger partial charge on any atom is -0.376 e. The molecule has 0 bridgehead atoms. The first kappa shape index (κ1) is 16.0. The lowest BCUT2D eigenvalue weighted by atomic mass is 10.1. The number of H-pyrrole nitrogens is 1. The van der Waals surface area contributed by atoms with Gasteiger partial charge in [0.1, 0.15) is 0 Å². The predicted octanol–water partition coefficient (Wildman–Crippen LogP) is 3.37. The summed E-state index contributed by atoms with van der Waals surface area (Å²) >= 11 is 5.93. The molecule has 1 N–H and O–H groups in total. The Morgan fingerprint density at radius 2 is 2.22 bits per heavy atom. The molecule has 2 aromatic rings. The lowest BCUT2D eigenvalue weighted by molar-refractivity contribution is 0.0540. The van der Waals surface area contributed by atoms with Gasteiger partial charge in [0, 0.05) is 30.3 Å². The number of hydrogen-bond donors (Lipinski definition) is 1. The van der Waals surface area contributed by atoms with Crippen LogP contribution in [0.3, 0.4) is 0 Å². The highest BCUT2D eigenvalue weighted by Crippen LogP contribution is 2.24. The largest absolute Gasteiger partial charge is 0.376 e. The van der Waals surface area contributed by atoms with E-state index in [9.17, 15) is 4.79 Å². The standard InChI is InChI=1S/C17H20ClN3O2/c1-2-21(11-14-4-3-9-23-14)17(22)15-10-19-20-16(15)12-5-7-13(18)8-6-12/h5-8,10,14H,2-4,9,11H2,1H3,(H,19,20). The number of carbonyl (C=O) groups is 1. The summed E-state index contributed by atoms with van der Waals surface area (Å²) in [4.78, 5) is 14.7. The number of halogens is 1. The SMILES string of the molecule is CCN(CC1CCCO1)C(=O)c1cn[nH]c1-c1ccc(Cl)cc1. The molecule has 2 heterocycles. The van der Waals surface area contributed by atoms with Crippen LogP contribution in [0.15, 0.2) is 30.5 Å². The normalized spacial score (nSPS) is 17.4. The minimum atomic E-state index is -0.0262. The zero-order chi connectivity index (χ0) is 16.2. The molecule has 5 nitrogen and oxygen atoms in total. The Morgan fingerprint density at radius 3 is 2.87 bits per heavy atom. The fraction of sp³-hybridized carbons (Fsp3) is 0.412. The number of carbonyl (C=O) groups excluding carboxylic acids is 1. The summed E-state index contributed by atoms with van der Waals surface area (Å²) in [5.41, 5.74) is 2.19. The number of hydrogen-bond acceptors (Lipinski definition) is 3. The van der Waals surface area contributed by atoms with Crippen molar-refractivity contribution in [2.75, 3.05) is 19.7 Å². The van der Waals surface area contributed by atoms with Crippen LogP contribution in [0.1, 0.15) is 30.1 Å². The maximum Gasteiger partial charge on any atom is 0.257 e. The van der Waals surface area contributed by atoms with Gasteiger partial charge in [-0.1, -0.05) is 23.7 Å². The first-order valence-corrected chi connectivity index (χ1v) is 8.27. The number of ether oxygens (including phenoxy) is 1. The molecule has 1 atom stereocenters. The van der Waals surface area contributed by atoms with Crippen LogP contribution in [0.25, 0.3) is 11.3 Å². The fourth-order valence-corrected chi connectivity index (χ4v) is 2.97. The van der Waals surface area contributed by atoms with Gasteiger partial charge in [-0.3, -0.25) is 9.89 Å². The van der Waals surface area contributed by atoms with Crippen LogP contribution in [-0.4, -0.2) is 46.8 Å². The first-order valence-electron chi connectivity index (χ1n) is 7.89. The molecule has 0 aliphatic carbocycles. The van der Waals surface area contributed by atoms with Gasteiger partial charge in [0.2, 0.25) is 0 Å². The van der Waals surface area contributed by atoms with Crippen LogP contribution in [0, 0.1) is 0 Å². The summed E-state index contributed by atoms with van der Waals surface area (Å²) in [7, 11) is 0. The zero-order valence-corrected chi connectivity index (χ0v) is 13.8. The quantitative estimate of drug-likeness (QED) is 0.912. The third kappa shape index (κ3) is 3.57. The number of nitrogens with zero attached hydrogens (tertiary/aromatic N) is 2. The highest BCUT2D eigenvalue weighted by molar-refractivity contribution is 6.30. The van der Waals surface area contributed by atoms with Crippen molar-refractivity contribution >= 4 is 17.5 Å². The molecule has 1 unspecified atom stereocenters. The molecule has 1 amide bonds. The number of aromatic nitrogens is 2. The van der Waals surface area contributed by atoms with Gasteiger partial charge in [0.15, 0.2) is 0 Å². The van der Waals surface area contributed by atoms with Crippen molar-refractivity contribution in [3.05, 3.63) is 41.0 Å². The van der Waals surface area contributed by atoms with Gasteiger partial charge < -0.3 is 9.64 Å². The van der Waals surface area contributed by atoms with Crippen LogP contribution >= 0.6 is 11.6 Å². The molecule has 3 rings (SSSR count). The molecule has 1 aromatic carbocycles. The average Bonchev–Trinajstić information content (AvgIpc) is 3.24. The van der Waals surface area contributed by atoms with Crippen molar-refractivity contribution in [3.63, 3.8) is 0 Å². The van der Waals surface area contributed by atoms with Crippen LogP contribution < -0.4 is 0 Å². The van der Waals surface area contributed by atoms with Gasteiger partial charge in [-0.25, -0.2) is 0 Å². The first-order chi connectivity index (χ1) is 11.2. The van der Waals surface area contributed by atoms with Crippen LogP contribution in [0.4, 0.5) is 0 Å². The molecule has 1 aliphatic rings.